The first kappa shape index (κ1) is 44.0. The minimum absolute atomic E-state index is 0.0130. The standard InChI is InChI=1S/C44H48ClN9O8S/c1-25-26(2)63-44-37(25)39(28-7-9-29(45)10-8-28)47-33(40-50-49-27(3)53(40)44)23-30(55)24-51-15-17-52(18-16-51)36(57)13-19-61-21-22-62-20-14-46-32-6-4-5-31-38(32)43(60)54(42(31)59)34-11-12-35(56)48-41(34)58/h4-10,33-34,46H,11-24H2,1-3H3,(H,48,56,58)/t33-,34?/m0/s1. The lowest BCUT2D eigenvalue weighted by Gasteiger charge is -2.34. The van der Waals surface area contributed by atoms with Gasteiger partial charge in [0.1, 0.15) is 28.7 Å². The van der Waals surface area contributed by atoms with E-state index < -0.39 is 35.7 Å². The second-order valence-electron chi connectivity index (χ2n) is 15.9. The summed E-state index contributed by atoms with van der Waals surface area (Å²) < 4.78 is 13.4. The highest BCUT2D eigenvalue weighted by Crippen LogP contribution is 2.40. The molecule has 2 fully saturated rings. The molecule has 2 aromatic heterocycles. The van der Waals surface area contributed by atoms with Crippen LogP contribution in [0.25, 0.3) is 5.00 Å². The molecule has 5 amide bonds. The monoisotopic (exact) mass is 897 g/mol. The van der Waals surface area contributed by atoms with Crippen LogP contribution in [0.3, 0.4) is 0 Å². The molecule has 1 unspecified atom stereocenters. The van der Waals surface area contributed by atoms with Gasteiger partial charge in [0, 0.05) is 72.3 Å². The molecule has 63 heavy (non-hydrogen) atoms. The van der Waals surface area contributed by atoms with Gasteiger partial charge in [-0.3, -0.25) is 53.4 Å². The van der Waals surface area contributed by atoms with Crippen LogP contribution in [0.2, 0.25) is 5.02 Å². The van der Waals surface area contributed by atoms with Gasteiger partial charge in [0.2, 0.25) is 17.7 Å². The lowest BCUT2D eigenvalue weighted by molar-refractivity contribution is -0.137. The zero-order valence-corrected chi connectivity index (χ0v) is 36.9. The van der Waals surface area contributed by atoms with Crippen molar-refractivity contribution in [3.8, 4) is 5.00 Å². The molecule has 2 N–H and O–H groups in total. The number of aryl methyl sites for hydroxylation is 2. The molecule has 0 radical (unpaired) electrons. The van der Waals surface area contributed by atoms with E-state index in [0.717, 1.165) is 38.1 Å². The molecule has 4 aromatic rings. The number of piperidine rings is 1. The smallest absolute Gasteiger partial charge is 0.264 e. The van der Waals surface area contributed by atoms with E-state index in [0.29, 0.717) is 49.3 Å². The van der Waals surface area contributed by atoms with Gasteiger partial charge in [-0.1, -0.05) is 29.8 Å². The second-order valence-corrected chi connectivity index (χ2v) is 17.5. The number of fused-ring (bicyclic) bond motifs is 4. The molecule has 6 heterocycles. The highest BCUT2D eigenvalue weighted by Gasteiger charge is 2.45. The third kappa shape index (κ3) is 9.22. The average molecular weight is 898 g/mol. The normalized spacial score (nSPS) is 18.8. The zero-order chi connectivity index (χ0) is 44.4. The number of amides is 5. The molecule has 4 aliphatic heterocycles. The summed E-state index contributed by atoms with van der Waals surface area (Å²) in [4.78, 5) is 88.2. The topological polar surface area (TPSA) is 198 Å². The van der Waals surface area contributed by atoms with E-state index in [1.54, 1.807) is 34.4 Å². The van der Waals surface area contributed by atoms with Gasteiger partial charge >= 0.3 is 0 Å². The molecular weight excluding hydrogens is 850 g/mol. The minimum atomic E-state index is -1.04. The van der Waals surface area contributed by atoms with Gasteiger partial charge < -0.3 is 19.7 Å². The number of thiophene rings is 1. The van der Waals surface area contributed by atoms with Gasteiger partial charge in [-0.05, 0) is 57.0 Å². The van der Waals surface area contributed by atoms with Crippen molar-refractivity contribution in [1.29, 1.82) is 0 Å². The Balaban J connectivity index is 0.747. The summed E-state index contributed by atoms with van der Waals surface area (Å²) in [5.74, 6) is -0.847. The van der Waals surface area contributed by atoms with Crippen LogP contribution >= 0.6 is 22.9 Å². The zero-order valence-electron chi connectivity index (χ0n) is 35.3. The van der Waals surface area contributed by atoms with Gasteiger partial charge in [-0.25, -0.2) is 0 Å². The molecule has 8 rings (SSSR count). The maximum atomic E-state index is 13.7. The van der Waals surface area contributed by atoms with Crippen molar-refractivity contribution >= 4 is 69.7 Å². The van der Waals surface area contributed by atoms with E-state index in [9.17, 15) is 28.8 Å². The van der Waals surface area contributed by atoms with Gasteiger partial charge in [0.15, 0.2) is 5.82 Å². The first-order valence-corrected chi connectivity index (χ1v) is 22.2. The Hall–Kier alpha value is -5.66. The van der Waals surface area contributed by atoms with Gasteiger partial charge in [-0.2, -0.15) is 0 Å². The second kappa shape index (κ2) is 19.0. The molecule has 0 spiro atoms. The number of rotatable bonds is 16. The average Bonchev–Trinajstić information content (AvgIpc) is 3.84. The predicted octanol–water partition coefficient (Wildman–Crippen LogP) is 3.84. The number of imide groups is 2. The summed E-state index contributed by atoms with van der Waals surface area (Å²) in [6.45, 7) is 9.94. The Morgan fingerprint density at radius 2 is 1.65 bits per heavy atom. The van der Waals surface area contributed by atoms with Crippen molar-refractivity contribution in [2.24, 2.45) is 4.99 Å². The third-order valence-electron chi connectivity index (χ3n) is 11.8. The number of hydrogen-bond acceptors (Lipinski definition) is 14. The number of hydrogen-bond donors (Lipinski definition) is 2. The first-order chi connectivity index (χ1) is 30.4. The van der Waals surface area contributed by atoms with Gasteiger partial charge in [0.25, 0.3) is 11.8 Å². The van der Waals surface area contributed by atoms with Crippen LogP contribution in [0.4, 0.5) is 5.69 Å². The largest absolute Gasteiger partial charge is 0.382 e. The first-order valence-electron chi connectivity index (χ1n) is 21.0. The third-order valence-corrected chi connectivity index (χ3v) is 13.2. The summed E-state index contributed by atoms with van der Waals surface area (Å²) in [5, 5.41) is 15.9. The number of Topliss-reactive ketones (excluding diaryl/α,β-unsaturated/α-hetero) is 1. The van der Waals surface area contributed by atoms with Crippen LogP contribution in [0.15, 0.2) is 47.5 Å². The molecule has 0 bridgehead atoms. The summed E-state index contributed by atoms with van der Waals surface area (Å²) in [6.07, 6.45) is 0.513. The number of benzene rings is 2. The molecule has 19 heteroatoms. The number of anilines is 1. The number of piperazine rings is 1. The van der Waals surface area contributed by atoms with E-state index in [1.807, 2.05) is 35.8 Å². The summed E-state index contributed by atoms with van der Waals surface area (Å²) in [5.41, 5.74) is 4.69. The molecule has 0 aliphatic carbocycles. The van der Waals surface area contributed by atoms with E-state index in [2.05, 4.69) is 39.6 Å². The van der Waals surface area contributed by atoms with Crippen molar-refractivity contribution in [2.45, 2.75) is 58.5 Å². The van der Waals surface area contributed by atoms with Gasteiger partial charge in [0.05, 0.1) is 56.2 Å². The van der Waals surface area contributed by atoms with Crippen molar-refractivity contribution in [1.82, 2.24) is 34.8 Å². The number of aliphatic imine (C=N–C) groups is 1. The van der Waals surface area contributed by atoms with E-state index in [1.165, 1.54) is 4.88 Å². The fourth-order valence-corrected chi connectivity index (χ4v) is 9.72. The minimum Gasteiger partial charge on any atom is -0.382 e. The van der Waals surface area contributed by atoms with E-state index in [-0.39, 0.29) is 81.5 Å². The Labute approximate surface area is 372 Å². The number of carbonyl (C=O) groups excluding carboxylic acids is 6. The highest BCUT2D eigenvalue weighted by molar-refractivity contribution is 7.15. The lowest BCUT2D eigenvalue weighted by Crippen LogP contribution is -2.54. The summed E-state index contributed by atoms with van der Waals surface area (Å²) in [7, 11) is 0. The van der Waals surface area contributed by atoms with E-state index in [4.69, 9.17) is 26.1 Å². The molecule has 4 aliphatic rings. The maximum Gasteiger partial charge on any atom is 0.264 e. The number of aromatic nitrogens is 3. The van der Waals surface area contributed by atoms with Crippen LogP contribution in [0.1, 0.15) is 85.7 Å². The van der Waals surface area contributed by atoms with Crippen molar-refractivity contribution in [3.63, 3.8) is 0 Å². The van der Waals surface area contributed by atoms with Crippen LogP contribution in [-0.4, -0.2) is 142 Å². The predicted molar refractivity (Wildman–Crippen MR) is 234 cm³/mol. The molecule has 0 saturated carbocycles. The Morgan fingerprint density at radius 3 is 2.40 bits per heavy atom. The summed E-state index contributed by atoms with van der Waals surface area (Å²) >= 11 is 7.91. The van der Waals surface area contributed by atoms with Crippen molar-refractivity contribution in [2.75, 3.05) is 71.0 Å². The maximum absolute atomic E-state index is 13.7. The number of carbonyl (C=O) groups is 6. The highest BCUT2D eigenvalue weighted by atomic mass is 35.5. The number of ketones is 1. The number of halogens is 1. The van der Waals surface area contributed by atoms with Gasteiger partial charge in [-0.15, -0.1) is 21.5 Å². The Bertz CT molecular complexity index is 2490. The molecule has 2 saturated heterocycles. The number of ether oxygens (including phenoxy) is 2. The fraction of sp³-hybridized carbons (Fsp3) is 0.432. The molecule has 2 aromatic carbocycles. The quantitative estimate of drug-likeness (QED) is 0.122. The van der Waals surface area contributed by atoms with Crippen molar-refractivity contribution in [3.05, 3.63) is 91.8 Å². The number of nitrogens with one attached hydrogen (secondary N) is 2. The van der Waals surface area contributed by atoms with Crippen LogP contribution in [0.5, 0.6) is 0 Å². The molecule has 330 valence electrons. The van der Waals surface area contributed by atoms with Crippen LogP contribution in [0, 0.1) is 20.8 Å². The van der Waals surface area contributed by atoms with Crippen molar-refractivity contribution < 1.29 is 38.2 Å². The summed E-state index contributed by atoms with van der Waals surface area (Å²) in [6, 6.07) is 10.9. The van der Waals surface area contributed by atoms with Crippen LogP contribution < -0.4 is 10.6 Å². The lowest BCUT2D eigenvalue weighted by atomic mass is 9.99. The molecule has 2 atom stereocenters. The Morgan fingerprint density at radius 1 is 0.905 bits per heavy atom. The molecular formula is C44H48ClN9O8S. The number of nitrogens with zero attached hydrogens (tertiary/aromatic N) is 7. The van der Waals surface area contributed by atoms with Crippen LogP contribution in [-0.2, 0) is 28.7 Å². The fourth-order valence-electron chi connectivity index (χ4n) is 8.38. The molecule has 17 nitrogen and oxygen atoms in total. The Kier molecular flexibility index (Phi) is 13.2. The SMILES string of the molecule is Cc1sc2c(c1C)C(c1ccc(Cl)cc1)=N[C@@H](CC(=O)CN1CCN(C(=O)CCOCCOCCNc3cccc4c3C(=O)N(C3CCC(=O)NC3=O)C4=O)CC1)c1nnc(C)n1-2. The van der Waals surface area contributed by atoms with E-state index >= 15 is 0 Å².